The van der Waals surface area contributed by atoms with Crippen molar-refractivity contribution in [2.24, 2.45) is 0 Å². The molecule has 1 amide bonds. The Morgan fingerprint density at radius 1 is 1.39 bits per heavy atom. The van der Waals surface area contributed by atoms with E-state index in [0.29, 0.717) is 22.7 Å². The summed E-state index contributed by atoms with van der Waals surface area (Å²) >= 11 is 4.72. The van der Waals surface area contributed by atoms with Gasteiger partial charge in [-0.05, 0) is 44.0 Å². The van der Waals surface area contributed by atoms with Gasteiger partial charge in [0, 0.05) is 22.8 Å². The second kappa shape index (κ2) is 8.96. The van der Waals surface area contributed by atoms with E-state index in [1.807, 2.05) is 51.1 Å². The second-order valence-electron chi connectivity index (χ2n) is 6.73. The van der Waals surface area contributed by atoms with Gasteiger partial charge in [0.05, 0.1) is 11.3 Å². The van der Waals surface area contributed by atoms with E-state index < -0.39 is 0 Å². The van der Waals surface area contributed by atoms with E-state index in [-0.39, 0.29) is 23.3 Å². The normalized spacial score (nSPS) is 12.3. The largest absolute Gasteiger partial charge is 0.353 e. The average Bonchev–Trinajstić information content (AvgIpc) is 3.05. The number of benzene rings is 1. The summed E-state index contributed by atoms with van der Waals surface area (Å²) in [4.78, 5) is 33.0. The lowest BCUT2D eigenvalue weighted by molar-refractivity contribution is -0.118. The minimum atomic E-state index is -0.0970. The van der Waals surface area contributed by atoms with Crippen molar-refractivity contribution in [3.05, 3.63) is 56.4 Å². The van der Waals surface area contributed by atoms with Gasteiger partial charge in [-0.25, -0.2) is 4.98 Å². The van der Waals surface area contributed by atoms with E-state index in [4.69, 9.17) is 0 Å². The van der Waals surface area contributed by atoms with Gasteiger partial charge in [0.2, 0.25) is 5.91 Å². The molecule has 0 bridgehead atoms. The summed E-state index contributed by atoms with van der Waals surface area (Å²) in [6.45, 7) is 6.37. The van der Waals surface area contributed by atoms with E-state index in [1.54, 1.807) is 4.57 Å². The molecule has 2 heterocycles. The summed E-state index contributed by atoms with van der Waals surface area (Å²) in [5.74, 6) is 0.103. The van der Waals surface area contributed by atoms with Gasteiger partial charge in [-0.2, -0.15) is 0 Å². The second-order valence-corrected chi connectivity index (χ2v) is 8.59. The van der Waals surface area contributed by atoms with Crippen LogP contribution >= 0.6 is 27.7 Å². The third-order valence-electron chi connectivity index (χ3n) is 4.53. The molecule has 148 valence electrons. The number of hydrogen-bond donors (Lipinski definition) is 2. The highest BCUT2D eigenvalue weighted by Gasteiger charge is 2.18. The van der Waals surface area contributed by atoms with Crippen LogP contribution in [0, 0.1) is 6.92 Å². The number of rotatable bonds is 7. The van der Waals surface area contributed by atoms with Crippen molar-refractivity contribution in [1.29, 1.82) is 0 Å². The minimum absolute atomic E-state index is 0.000219. The third-order valence-corrected chi connectivity index (χ3v) is 5.98. The zero-order chi connectivity index (χ0) is 20.3. The van der Waals surface area contributed by atoms with Crippen LogP contribution < -0.4 is 10.9 Å². The van der Waals surface area contributed by atoms with Gasteiger partial charge in [-0.15, -0.1) is 0 Å². The highest BCUT2D eigenvalue weighted by atomic mass is 79.9. The first-order chi connectivity index (χ1) is 13.4. The Kier molecular flexibility index (Phi) is 6.61. The van der Waals surface area contributed by atoms with E-state index in [0.717, 1.165) is 22.2 Å². The molecule has 2 aromatic heterocycles. The molecule has 0 spiro atoms. The number of nitrogens with one attached hydrogen (secondary N) is 2. The number of H-pyrrole nitrogens is 1. The number of aromatic amines is 1. The SMILES string of the molecule is CC[C@@H](C)n1c(SCC(=O)NCc2cccc(Br)c2)nc2cc(C)[nH]c2c1=O. The van der Waals surface area contributed by atoms with Crippen molar-refractivity contribution in [3.8, 4) is 0 Å². The van der Waals surface area contributed by atoms with Crippen molar-refractivity contribution >= 4 is 44.6 Å². The Hall–Kier alpha value is -2.06. The van der Waals surface area contributed by atoms with Crippen LogP contribution in [0.4, 0.5) is 0 Å². The molecule has 6 nitrogen and oxygen atoms in total. The summed E-state index contributed by atoms with van der Waals surface area (Å²) in [6, 6.07) is 9.67. The molecule has 0 saturated carbocycles. The predicted octanol–water partition coefficient (Wildman–Crippen LogP) is 4.18. The lowest BCUT2D eigenvalue weighted by Gasteiger charge is -2.17. The van der Waals surface area contributed by atoms with Gasteiger partial charge in [0.1, 0.15) is 5.52 Å². The fraction of sp³-hybridized carbons (Fsp3) is 0.350. The Morgan fingerprint density at radius 2 is 2.18 bits per heavy atom. The summed E-state index contributed by atoms with van der Waals surface area (Å²) in [5.41, 5.74) is 2.97. The number of carbonyl (C=O) groups excluding carboxylic acids is 1. The number of amides is 1. The molecule has 3 aromatic rings. The smallest absolute Gasteiger partial charge is 0.278 e. The predicted molar refractivity (Wildman–Crippen MR) is 117 cm³/mol. The van der Waals surface area contributed by atoms with Crippen LogP contribution in [-0.4, -0.2) is 26.2 Å². The molecule has 1 atom stereocenters. The zero-order valence-corrected chi connectivity index (χ0v) is 18.5. The van der Waals surface area contributed by atoms with E-state index in [2.05, 4.69) is 31.2 Å². The fourth-order valence-corrected chi connectivity index (χ4v) is 4.27. The molecule has 8 heteroatoms. The molecule has 0 unspecified atom stereocenters. The number of halogens is 1. The number of carbonyl (C=O) groups is 1. The molecular weight excluding hydrogens is 440 g/mol. The van der Waals surface area contributed by atoms with E-state index in [1.165, 1.54) is 11.8 Å². The first kappa shape index (κ1) is 20.7. The molecule has 0 saturated heterocycles. The number of nitrogens with zero attached hydrogens (tertiary/aromatic N) is 2. The van der Waals surface area contributed by atoms with Crippen LogP contribution in [0.25, 0.3) is 11.0 Å². The van der Waals surface area contributed by atoms with Crippen LogP contribution in [0.2, 0.25) is 0 Å². The van der Waals surface area contributed by atoms with Gasteiger partial charge in [-0.3, -0.25) is 14.2 Å². The number of aryl methyl sites for hydroxylation is 1. The lowest BCUT2D eigenvalue weighted by atomic mass is 10.2. The third kappa shape index (κ3) is 4.67. The Labute approximate surface area is 176 Å². The summed E-state index contributed by atoms with van der Waals surface area (Å²) < 4.78 is 2.66. The first-order valence-electron chi connectivity index (χ1n) is 9.14. The van der Waals surface area contributed by atoms with Crippen molar-refractivity contribution in [2.75, 3.05) is 5.75 Å². The Morgan fingerprint density at radius 3 is 2.89 bits per heavy atom. The lowest BCUT2D eigenvalue weighted by Crippen LogP contribution is -2.28. The summed E-state index contributed by atoms with van der Waals surface area (Å²) in [7, 11) is 0. The number of fused-ring (bicyclic) bond motifs is 1. The van der Waals surface area contributed by atoms with Crippen LogP contribution in [0.5, 0.6) is 0 Å². The fourth-order valence-electron chi connectivity index (χ4n) is 2.89. The molecule has 0 radical (unpaired) electrons. The van der Waals surface area contributed by atoms with Crippen molar-refractivity contribution in [1.82, 2.24) is 19.9 Å². The quantitative estimate of drug-likeness (QED) is 0.407. The van der Waals surface area contributed by atoms with Gasteiger partial charge in [0.15, 0.2) is 5.16 Å². The highest BCUT2D eigenvalue weighted by molar-refractivity contribution is 9.10. The number of thioether (sulfide) groups is 1. The minimum Gasteiger partial charge on any atom is -0.353 e. The molecular formula is C20H23BrN4O2S. The van der Waals surface area contributed by atoms with Crippen LogP contribution in [0.1, 0.15) is 37.6 Å². The maximum atomic E-state index is 12.9. The topological polar surface area (TPSA) is 79.8 Å². The monoisotopic (exact) mass is 462 g/mol. The molecule has 0 aliphatic heterocycles. The number of aromatic nitrogens is 3. The van der Waals surface area contributed by atoms with Crippen LogP contribution in [0.15, 0.2) is 44.8 Å². The van der Waals surface area contributed by atoms with E-state index >= 15 is 0 Å². The van der Waals surface area contributed by atoms with Gasteiger partial charge in [-0.1, -0.05) is 46.7 Å². The molecule has 0 aliphatic rings. The van der Waals surface area contributed by atoms with Gasteiger partial charge >= 0.3 is 0 Å². The van der Waals surface area contributed by atoms with Crippen LogP contribution in [-0.2, 0) is 11.3 Å². The molecule has 0 aliphatic carbocycles. The molecule has 28 heavy (non-hydrogen) atoms. The maximum absolute atomic E-state index is 12.9. The average molecular weight is 463 g/mol. The van der Waals surface area contributed by atoms with Crippen LogP contribution in [0.3, 0.4) is 0 Å². The van der Waals surface area contributed by atoms with Crippen molar-refractivity contribution in [2.45, 2.75) is 44.9 Å². The Bertz CT molecular complexity index is 1060. The zero-order valence-electron chi connectivity index (χ0n) is 16.1. The molecule has 3 rings (SSSR count). The van der Waals surface area contributed by atoms with Crippen molar-refractivity contribution in [3.63, 3.8) is 0 Å². The van der Waals surface area contributed by atoms with Crippen molar-refractivity contribution < 1.29 is 4.79 Å². The summed E-state index contributed by atoms with van der Waals surface area (Å²) in [5, 5.41) is 3.49. The molecule has 2 N–H and O–H groups in total. The standard InChI is InChI=1S/C20H23BrN4O2S/c1-4-13(3)25-19(27)18-16(8-12(2)23-18)24-20(25)28-11-17(26)22-10-14-6-5-7-15(21)9-14/h5-9,13,23H,4,10-11H2,1-3H3,(H,22,26)/t13-/m1/s1. The maximum Gasteiger partial charge on any atom is 0.278 e. The van der Waals surface area contributed by atoms with Gasteiger partial charge < -0.3 is 10.3 Å². The van der Waals surface area contributed by atoms with Gasteiger partial charge in [0.25, 0.3) is 5.56 Å². The molecule has 0 fully saturated rings. The highest BCUT2D eigenvalue weighted by Crippen LogP contribution is 2.22. The van der Waals surface area contributed by atoms with E-state index in [9.17, 15) is 9.59 Å². The Balaban J connectivity index is 1.75. The molecule has 1 aromatic carbocycles. The summed E-state index contributed by atoms with van der Waals surface area (Å²) in [6.07, 6.45) is 0.801. The first-order valence-corrected chi connectivity index (χ1v) is 10.9. The number of hydrogen-bond acceptors (Lipinski definition) is 4.